The second kappa shape index (κ2) is 55.7. The Balaban J connectivity index is 4.25. The first-order valence-corrected chi connectivity index (χ1v) is 31.2. The fraction of sp³-hybridized carbons (Fsp3) is 0.952. The van der Waals surface area contributed by atoms with Gasteiger partial charge < -0.3 is 14.2 Å². The van der Waals surface area contributed by atoms with Crippen LogP contribution in [0.4, 0.5) is 0 Å². The Morgan fingerprint density at radius 2 is 0.478 bits per heavy atom. The molecule has 0 amide bonds. The van der Waals surface area contributed by atoms with Crippen molar-refractivity contribution in [1.29, 1.82) is 0 Å². The summed E-state index contributed by atoms with van der Waals surface area (Å²) >= 11 is 0. The highest BCUT2D eigenvalue weighted by Crippen LogP contribution is 2.19. The van der Waals surface area contributed by atoms with Crippen molar-refractivity contribution in [2.75, 3.05) is 13.2 Å². The Hall–Kier alpha value is -1.59. The fourth-order valence-corrected chi connectivity index (χ4v) is 9.76. The number of ether oxygens (including phenoxy) is 3. The van der Waals surface area contributed by atoms with Gasteiger partial charge in [-0.1, -0.05) is 317 Å². The van der Waals surface area contributed by atoms with Crippen molar-refractivity contribution >= 4 is 17.9 Å². The van der Waals surface area contributed by atoms with Gasteiger partial charge in [-0.05, 0) is 31.1 Å². The number of unbranched alkanes of at least 4 members (excludes halogenated alkanes) is 42. The molecule has 0 aliphatic rings. The van der Waals surface area contributed by atoms with E-state index in [0.717, 1.165) is 69.6 Å². The summed E-state index contributed by atoms with van der Waals surface area (Å²) in [6, 6.07) is 0. The van der Waals surface area contributed by atoms with Crippen LogP contribution in [0.25, 0.3) is 0 Å². The molecule has 69 heavy (non-hydrogen) atoms. The zero-order valence-corrected chi connectivity index (χ0v) is 47.5. The first-order valence-electron chi connectivity index (χ1n) is 31.2. The summed E-state index contributed by atoms with van der Waals surface area (Å²) in [5.41, 5.74) is 0. The van der Waals surface area contributed by atoms with E-state index in [1.54, 1.807) is 0 Å². The van der Waals surface area contributed by atoms with Gasteiger partial charge in [-0.15, -0.1) is 0 Å². The maximum Gasteiger partial charge on any atom is 0.306 e. The second-order valence-corrected chi connectivity index (χ2v) is 22.6. The highest BCUT2D eigenvalue weighted by molar-refractivity contribution is 5.71. The van der Waals surface area contributed by atoms with E-state index in [-0.39, 0.29) is 31.1 Å². The fourth-order valence-electron chi connectivity index (χ4n) is 9.76. The van der Waals surface area contributed by atoms with Gasteiger partial charge in [0.05, 0.1) is 0 Å². The van der Waals surface area contributed by atoms with E-state index < -0.39 is 6.10 Å². The summed E-state index contributed by atoms with van der Waals surface area (Å²) in [6.07, 6.45) is 61.1. The summed E-state index contributed by atoms with van der Waals surface area (Å²) in [7, 11) is 0. The average molecular weight is 976 g/mol. The molecule has 1 atom stereocenters. The Bertz CT molecular complexity index is 1060. The monoisotopic (exact) mass is 975 g/mol. The van der Waals surface area contributed by atoms with E-state index in [4.69, 9.17) is 14.2 Å². The van der Waals surface area contributed by atoms with Crippen LogP contribution < -0.4 is 0 Å². The van der Waals surface area contributed by atoms with Crippen LogP contribution in [0.1, 0.15) is 356 Å². The van der Waals surface area contributed by atoms with Crippen LogP contribution in [-0.2, 0) is 28.6 Å². The van der Waals surface area contributed by atoms with Crippen LogP contribution in [0, 0.1) is 11.8 Å². The van der Waals surface area contributed by atoms with Gasteiger partial charge in [-0.3, -0.25) is 14.4 Å². The minimum absolute atomic E-state index is 0.0622. The van der Waals surface area contributed by atoms with Gasteiger partial charge >= 0.3 is 17.9 Å². The summed E-state index contributed by atoms with van der Waals surface area (Å²) in [5.74, 6) is 0.843. The average Bonchev–Trinajstić information content (AvgIpc) is 3.32. The molecule has 0 aliphatic heterocycles. The van der Waals surface area contributed by atoms with Gasteiger partial charge in [0.2, 0.25) is 0 Å². The van der Waals surface area contributed by atoms with Crippen molar-refractivity contribution in [3.63, 3.8) is 0 Å². The molecule has 0 spiro atoms. The number of rotatable bonds is 57. The van der Waals surface area contributed by atoms with Crippen LogP contribution in [-0.4, -0.2) is 37.2 Å². The molecule has 6 nitrogen and oxygen atoms in total. The molecular weight excluding hydrogens is 853 g/mol. The zero-order chi connectivity index (χ0) is 50.4. The van der Waals surface area contributed by atoms with Crippen molar-refractivity contribution in [3.8, 4) is 0 Å². The molecule has 0 bridgehead atoms. The van der Waals surface area contributed by atoms with Crippen LogP contribution >= 0.6 is 0 Å². The van der Waals surface area contributed by atoms with E-state index in [1.807, 2.05) is 0 Å². The molecular formula is C63H122O6. The third-order valence-electron chi connectivity index (χ3n) is 14.5. The lowest BCUT2D eigenvalue weighted by Crippen LogP contribution is -2.30. The molecule has 0 heterocycles. The highest BCUT2D eigenvalue weighted by atomic mass is 16.6. The maximum absolute atomic E-state index is 12.9. The molecule has 0 rings (SSSR count). The molecule has 6 heteroatoms. The predicted molar refractivity (Wildman–Crippen MR) is 298 cm³/mol. The van der Waals surface area contributed by atoms with Gasteiger partial charge in [-0.25, -0.2) is 0 Å². The normalized spacial score (nSPS) is 12.0. The predicted octanol–water partition coefficient (Wildman–Crippen LogP) is 20.8. The van der Waals surface area contributed by atoms with Crippen LogP contribution in [0.15, 0.2) is 0 Å². The van der Waals surface area contributed by atoms with E-state index in [9.17, 15) is 14.4 Å². The van der Waals surface area contributed by atoms with Gasteiger partial charge in [0.1, 0.15) is 13.2 Å². The van der Waals surface area contributed by atoms with Crippen molar-refractivity contribution in [1.82, 2.24) is 0 Å². The summed E-state index contributed by atoms with van der Waals surface area (Å²) in [4.78, 5) is 38.2. The molecule has 0 aromatic rings. The molecule has 0 unspecified atom stereocenters. The second-order valence-electron chi connectivity index (χ2n) is 22.6. The topological polar surface area (TPSA) is 78.9 Å². The quantitative estimate of drug-likeness (QED) is 0.0343. The number of carbonyl (C=O) groups excluding carboxylic acids is 3. The first-order chi connectivity index (χ1) is 33.7. The smallest absolute Gasteiger partial charge is 0.306 e. The Kier molecular flexibility index (Phi) is 54.4. The van der Waals surface area contributed by atoms with Crippen molar-refractivity contribution in [2.24, 2.45) is 11.8 Å². The molecule has 0 aromatic heterocycles. The number of hydrogen-bond donors (Lipinski definition) is 0. The minimum atomic E-state index is -0.763. The summed E-state index contributed by atoms with van der Waals surface area (Å²) in [5, 5.41) is 0. The number of esters is 3. The lowest BCUT2D eigenvalue weighted by atomic mass is 10.0. The largest absolute Gasteiger partial charge is 0.462 e. The van der Waals surface area contributed by atoms with E-state index in [2.05, 4.69) is 34.6 Å². The number of hydrogen-bond acceptors (Lipinski definition) is 6. The molecule has 0 N–H and O–H groups in total. The van der Waals surface area contributed by atoms with E-state index >= 15 is 0 Å². The molecule has 0 aliphatic carbocycles. The van der Waals surface area contributed by atoms with Gasteiger partial charge in [-0.2, -0.15) is 0 Å². The lowest BCUT2D eigenvalue weighted by Gasteiger charge is -2.18. The molecule has 0 aromatic carbocycles. The summed E-state index contributed by atoms with van der Waals surface area (Å²) in [6.45, 7) is 11.4. The number of carbonyl (C=O) groups is 3. The third kappa shape index (κ3) is 57.2. The lowest BCUT2D eigenvalue weighted by molar-refractivity contribution is -0.167. The van der Waals surface area contributed by atoms with Gasteiger partial charge in [0.15, 0.2) is 6.10 Å². The van der Waals surface area contributed by atoms with Crippen LogP contribution in [0.5, 0.6) is 0 Å². The molecule has 410 valence electrons. The van der Waals surface area contributed by atoms with E-state index in [0.29, 0.717) is 19.3 Å². The third-order valence-corrected chi connectivity index (χ3v) is 14.5. The Labute approximate surface area is 431 Å². The summed E-state index contributed by atoms with van der Waals surface area (Å²) < 4.78 is 16.9. The SMILES string of the molecule is CCCCCCCCCCCCCCCCCCCC(=O)O[C@H](COC(=O)CCCCCCCCCCCCCCCCCCCCC(C)C)COC(=O)CCCCCCCCCCCCC(C)C. The minimum Gasteiger partial charge on any atom is -0.462 e. The molecule has 0 saturated heterocycles. The van der Waals surface area contributed by atoms with Crippen molar-refractivity contribution in [2.45, 2.75) is 362 Å². The first kappa shape index (κ1) is 67.4. The highest BCUT2D eigenvalue weighted by Gasteiger charge is 2.19. The van der Waals surface area contributed by atoms with Crippen LogP contribution in [0.2, 0.25) is 0 Å². The molecule has 0 radical (unpaired) electrons. The zero-order valence-electron chi connectivity index (χ0n) is 47.5. The Morgan fingerprint density at radius 3 is 0.710 bits per heavy atom. The van der Waals surface area contributed by atoms with E-state index in [1.165, 1.54) is 244 Å². The maximum atomic E-state index is 12.9. The van der Waals surface area contributed by atoms with Gasteiger partial charge in [0.25, 0.3) is 0 Å². The standard InChI is InChI=1S/C63H122O6/c1-6-7-8-9-10-11-12-13-14-17-22-25-28-35-40-45-50-55-63(66)69-60(57-68-62(65)54-49-44-39-34-30-29-32-37-42-47-52-59(4)5)56-67-61(64)53-48-43-38-33-27-24-21-19-16-15-18-20-23-26-31-36-41-46-51-58(2)3/h58-60H,6-57H2,1-5H3/t60-/m1/s1. The van der Waals surface area contributed by atoms with Crippen LogP contribution in [0.3, 0.4) is 0 Å². The molecule has 0 fully saturated rings. The molecule has 0 saturated carbocycles. The van der Waals surface area contributed by atoms with Crippen molar-refractivity contribution in [3.05, 3.63) is 0 Å². The Morgan fingerprint density at radius 1 is 0.275 bits per heavy atom. The van der Waals surface area contributed by atoms with Gasteiger partial charge in [0, 0.05) is 19.3 Å². The van der Waals surface area contributed by atoms with Crippen molar-refractivity contribution < 1.29 is 28.6 Å².